The van der Waals surface area contributed by atoms with Crippen LogP contribution in [0.15, 0.2) is 73.5 Å². The van der Waals surface area contributed by atoms with Crippen molar-refractivity contribution >= 4 is 5.91 Å². The van der Waals surface area contributed by atoms with E-state index in [2.05, 4.69) is 20.3 Å². The first-order valence-corrected chi connectivity index (χ1v) is 10.3. The Hall–Kier alpha value is -4.38. The number of nitrogens with zero attached hydrogens (tertiary/aromatic N) is 7. The molecule has 1 amide bonds. The molecule has 0 saturated heterocycles. The molecule has 0 fully saturated rings. The molecule has 174 valence electrons. The first kappa shape index (κ1) is 22.8. The Morgan fingerprint density at radius 1 is 1.15 bits per heavy atom. The number of rotatable bonds is 5. The van der Waals surface area contributed by atoms with Gasteiger partial charge in [0.15, 0.2) is 6.23 Å². The highest BCUT2D eigenvalue weighted by Crippen LogP contribution is 2.22. The molecule has 0 unspecified atom stereocenters. The molecule has 4 aromatic rings. The van der Waals surface area contributed by atoms with Gasteiger partial charge in [-0.1, -0.05) is 11.6 Å². The third-order valence-corrected chi connectivity index (χ3v) is 5.23. The number of hydrogen-bond acceptors (Lipinski definition) is 6. The zero-order valence-electron chi connectivity index (χ0n) is 18.2. The summed E-state index contributed by atoms with van der Waals surface area (Å²) < 4.78 is 20.6. The fraction of sp³-hybridized carbons (Fsp3) is 0.174. The lowest BCUT2D eigenvalue weighted by Gasteiger charge is -2.33. The molecule has 1 atom stereocenters. The second-order valence-electron chi connectivity index (χ2n) is 7.54. The van der Waals surface area contributed by atoms with Crippen LogP contribution < -0.4 is 0 Å². The summed E-state index contributed by atoms with van der Waals surface area (Å²) in [7, 11) is 0. The second-order valence-corrected chi connectivity index (χ2v) is 7.54. The lowest BCUT2D eigenvalue weighted by molar-refractivity contribution is -0.0174. The number of aryl methyl sites for hydroxylation is 1. The molecule has 3 aromatic heterocycles. The van der Waals surface area contributed by atoms with E-state index < -0.39 is 12.0 Å². The summed E-state index contributed by atoms with van der Waals surface area (Å²) in [4.78, 5) is 20.7. The number of halogens is 1. The third kappa shape index (κ3) is 4.55. The number of ether oxygens (including phenoxy) is 1. The van der Waals surface area contributed by atoms with Gasteiger partial charge in [0.05, 0.1) is 48.3 Å². The van der Waals surface area contributed by atoms with Crippen LogP contribution in [0.2, 0.25) is 0 Å². The Morgan fingerprint density at radius 3 is 2.74 bits per heavy atom. The van der Waals surface area contributed by atoms with Crippen LogP contribution in [0, 0.1) is 12.7 Å². The zero-order valence-corrected chi connectivity index (χ0v) is 18.2. The van der Waals surface area contributed by atoms with E-state index in [0.717, 1.165) is 11.8 Å². The minimum atomic E-state index is -0.574. The SMILES string of the molecule is Cc1ccc(-n2nccn2)c(C(=O)N2CC=CO[C@H]2Cn2ccc(-c3ccc(F)cn3)n2)c1.O. The fourth-order valence-corrected chi connectivity index (χ4v) is 3.63. The van der Waals surface area contributed by atoms with E-state index in [1.54, 1.807) is 52.6 Å². The summed E-state index contributed by atoms with van der Waals surface area (Å²) in [5, 5.41) is 12.9. The van der Waals surface area contributed by atoms with E-state index in [1.807, 2.05) is 25.1 Å². The van der Waals surface area contributed by atoms with Crippen molar-refractivity contribution in [1.29, 1.82) is 0 Å². The van der Waals surface area contributed by atoms with Gasteiger partial charge in [0.1, 0.15) is 11.5 Å². The van der Waals surface area contributed by atoms with Gasteiger partial charge < -0.3 is 10.2 Å². The molecule has 2 N–H and O–H groups in total. The molecular formula is C23H22FN7O3. The van der Waals surface area contributed by atoms with Crippen molar-refractivity contribution in [3.05, 3.63) is 90.5 Å². The Balaban J connectivity index is 0.00000274. The number of amides is 1. The van der Waals surface area contributed by atoms with Crippen LogP contribution in [0.25, 0.3) is 17.1 Å². The van der Waals surface area contributed by atoms with Crippen molar-refractivity contribution < 1.29 is 19.4 Å². The highest BCUT2D eigenvalue weighted by Gasteiger charge is 2.29. The monoisotopic (exact) mass is 463 g/mol. The largest absolute Gasteiger partial charge is 0.476 e. The van der Waals surface area contributed by atoms with Crippen molar-refractivity contribution in [2.24, 2.45) is 0 Å². The van der Waals surface area contributed by atoms with E-state index in [9.17, 15) is 9.18 Å². The van der Waals surface area contributed by atoms with Crippen LogP contribution in [0.1, 0.15) is 15.9 Å². The highest BCUT2D eigenvalue weighted by molar-refractivity contribution is 5.98. The molecule has 1 aromatic carbocycles. The Morgan fingerprint density at radius 2 is 1.97 bits per heavy atom. The maximum absolute atomic E-state index is 13.6. The summed E-state index contributed by atoms with van der Waals surface area (Å²) in [6.07, 6.45) is 8.85. The van der Waals surface area contributed by atoms with Gasteiger partial charge in [-0.05, 0) is 43.3 Å². The molecule has 0 radical (unpaired) electrons. The summed E-state index contributed by atoms with van der Waals surface area (Å²) >= 11 is 0. The summed E-state index contributed by atoms with van der Waals surface area (Å²) in [6, 6.07) is 10.3. The summed E-state index contributed by atoms with van der Waals surface area (Å²) in [5.74, 6) is -0.608. The molecular weight excluding hydrogens is 441 g/mol. The van der Waals surface area contributed by atoms with E-state index in [-0.39, 0.29) is 11.4 Å². The van der Waals surface area contributed by atoms with Crippen molar-refractivity contribution in [3.63, 3.8) is 0 Å². The second kappa shape index (κ2) is 9.63. The van der Waals surface area contributed by atoms with Crippen molar-refractivity contribution in [1.82, 2.24) is 34.7 Å². The maximum atomic E-state index is 13.6. The molecule has 0 aliphatic carbocycles. The number of benzene rings is 1. The Labute approximate surface area is 194 Å². The van der Waals surface area contributed by atoms with Crippen LogP contribution in [-0.2, 0) is 11.3 Å². The number of carbonyl (C=O) groups excluding carboxylic acids is 1. The van der Waals surface area contributed by atoms with Gasteiger partial charge in [-0.2, -0.15) is 20.1 Å². The molecule has 11 heteroatoms. The van der Waals surface area contributed by atoms with E-state index >= 15 is 0 Å². The number of hydrogen-bond donors (Lipinski definition) is 0. The van der Waals surface area contributed by atoms with Crippen LogP contribution in [0.3, 0.4) is 0 Å². The standard InChI is InChI=1S/C23H20FN7O2.H2O/c1-16-3-6-21(31-26-8-9-27-31)18(13-16)23(32)30-10-2-12-33-22(30)15-29-11-7-20(28-29)19-5-4-17(24)14-25-19;/h2-9,11-14,22H,10,15H2,1H3;1H2/t22-;/m0./s1. The quantitative estimate of drug-likeness (QED) is 0.447. The topological polar surface area (TPSA) is 122 Å². The third-order valence-electron chi connectivity index (χ3n) is 5.23. The number of aromatic nitrogens is 6. The molecule has 34 heavy (non-hydrogen) atoms. The average Bonchev–Trinajstić information content (AvgIpc) is 3.52. The van der Waals surface area contributed by atoms with Gasteiger partial charge in [0.25, 0.3) is 5.91 Å². The van der Waals surface area contributed by atoms with Gasteiger partial charge in [-0.25, -0.2) is 4.39 Å². The molecule has 0 saturated carbocycles. The number of carbonyl (C=O) groups is 1. The highest BCUT2D eigenvalue weighted by atomic mass is 19.1. The lowest BCUT2D eigenvalue weighted by atomic mass is 10.1. The normalized spacial score (nSPS) is 15.0. The van der Waals surface area contributed by atoms with Crippen molar-refractivity contribution in [2.75, 3.05) is 6.54 Å². The zero-order chi connectivity index (χ0) is 22.8. The summed E-state index contributed by atoms with van der Waals surface area (Å²) in [6.45, 7) is 2.62. The van der Waals surface area contributed by atoms with E-state index in [0.29, 0.717) is 35.7 Å². The minimum absolute atomic E-state index is 0. The fourth-order valence-electron chi connectivity index (χ4n) is 3.63. The van der Waals surface area contributed by atoms with Gasteiger partial charge >= 0.3 is 0 Å². The molecule has 1 aliphatic rings. The molecule has 0 spiro atoms. The first-order valence-electron chi connectivity index (χ1n) is 10.3. The molecule has 5 rings (SSSR count). The molecule has 10 nitrogen and oxygen atoms in total. The maximum Gasteiger partial charge on any atom is 0.259 e. The van der Waals surface area contributed by atoms with Gasteiger partial charge in [0.2, 0.25) is 0 Å². The minimum Gasteiger partial charge on any atom is -0.476 e. The predicted molar refractivity (Wildman–Crippen MR) is 120 cm³/mol. The average molecular weight is 463 g/mol. The molecule has 0 bridgehead atoms. The predicted octanol–water partition coefficient (Wildman–Crippen LogP) is 2.16. The first-order chi connectivity index (χ1) is 16.1. The number of pyridine rings is 1. The van der Waals surface area contributed by atoms with Crippen LogP contribution in [0.4, 0.5) is 4.39 Å². The molecule has 1 aliphatic heterocycles. The van der Waals surface area contributed by atoms with E-state index in [4.69, 9.17) is 4.74 Å². The van der Waals surface area contributed by atoms with Gasteiger partial charge in [-0.15, -0.1) is 0 Å². The van der Waals surface area contributed by atoms with Crippen molar-refractivity contribution in [2.45, 2.75) is 19.7 Å². The van der Waals surface area contributed by atoms with Crippen molar-refractivity contribution in [3.8, 4) is 17.1 Å². The summed E-state index contributed by atoms with van der Waals surface area (Å²) in [5.41, 5.74) is 3.18. The van der Waals surface area contributed by atoms with Crippen LogP contribution >= 0.6 is 0 Å². The Bertz CT molecular complexity index is 1300. The Kier molecular flexibility index (Phi) is 6.46. The van der Waals surface area contributed by atoms with E-state index in [1.165, 1.54) is 10.9 Å². The smallest absolute Gasteiger partial charge is 0.259 e. The van der Waals surface area contributed by atoms with Gasteiger partial charge in [-0.3, -0.25) is 19.4 Å². The lowest BCUT2D eigenvalue weighted by Crippen LogP contribution is -2.46. The van der Waals surface area contributed by atoms with Gasteiger partial charge in [0, 0.05) is 12.7 Å². The van der Waals surface area contributed by atoms with Crippen LogP contribution in [-0.4, -0.2) is 58.8 Å². The molecule has 4 heterocycles. The van der Waals surface area contributed by atoms with Crippen LogP contribution in [0.5, 0.6) is 0 Å².